The Balaban J connectivity index is 2.16. The first-order valence-corrected chi connectivity index (χ1v) is 6.22. The highest BCUT2D eigenvalue weighted by molar-refractivity contribution is 5.29. The van der Waals surface area contributed by atoms with E-state index in [1.54, 1.807) is 0 Å². The maximum Gasteiger partial charge on any atom is 0.251 e. The summed E-state index contributed by atoms with van der Waals surface area (Å²) in [6, 6.07) is 1.97. The zero-order chi connectivity index (χ0) is 12.3. The van der Waals surface area contributed by atoms with Gasteiger partial charge in [0.05, 0.1) is 6.61 Å². The third-order valence-corrected chi connectivity index (χ3v) is 2.51. The van der Waals surface area contributed by atoms with Crippen LogP contribution in [-0.4, -0.2) is 16.6 Å². The summed E-state index contributed by atoms with van der Waals surface area (Å²) in [5.41, 5.74) is 0.262. The van der Waals surface area contributed by atoms with E-state index in [-0.39, 0.29) is 5.69 Å². The highest BCUT2D eigenvalue weighted by Gasteiger charge is 2.04. The molecule has 4 heteroatoms. The van der Waals surface area contributed by atoms with Crippen LogP contribution < -0.4 is 4.74 Å². The zero-order valence-electron chi connectivity index (χ0n) is 10.4. The van der Waals surface area contributed by atoms with Crippen molar-refractivity contribution in [1.82, 2.24) is 9.97 Å². The minimum atomic E-state index is 0.262. The number of ether oxygens (including phenoxy) is 1. The molecule has 1 aromatic rings. The number of nitriles is 1. The monoisotopic (exact) mass is 233 g/mol. The lowest BCUT2D eigenvalue weighted by atomic mass is 10.1. The maximum atomic E-state index is 8.79. The smallest absolute Gasteiger partial charge is 0.251 e. The lowest BCUT2D eigenvalue weighted by Crippen LogP contribution is -2.02. The van der Waals surface area contributed by atoms with Crippen molar-refractivity contribution in [2.45, 2.75) is 45.4 Å². The van der Waals surface area contributed by atoms with Crippen LogP contribution in [0.2, 0.25) is 0 Å². The second-order valence-electron chi connectivity index (χ2n) is 3.94. The van der Waals surface area contributed by atoms with Gasteiger partial charge in [-0.1, -0.05) is 39.0 Å². The fourth-order valence-corrected chi connectivity index (χ4v) is 1.56. The number of hydrogen-bond acceptors (Lipinski definition) is 4. The van der Waals surface area contributed by atoms with Crippen molar-refractivity contribution in [2.75, 3.05) is 6.61 Å². The third kappa shape index (κ3) is 5.30. The number of unbranched alkanes of at least 4 members (excludes halogenated alkanes) is 5. The van der Waals surface area contributed by atoms with Crippen LogP contribution >= 0.6 is 0 Å². The Hall–Kier alpha value is -1.63. The molecule has 0 fully saturated rings. The van der Waals surface area contributed by atoms with E-state index >= 15 is 0 Å². The number of aromatic nitrogens is 2. The molecule has 0 radical (unpaired) electrons. The number of nitrogens with zero attached hydrogens (tertiary/aromatic N) is 3. The Morgan fingerprint density at radius 3 is 2.59 bits per heavy atom. The lowest BCUT2D eigenvalue weighted by molar-refractivity contribution is 0.291. The molecule has 0 saturated carbocycles. The van der Waals surface area contributed by atoms with Gasteiger partial charge in [0.15, 0.2) is 0 Å². The first-order valence-electron chi connectivity index (χ1n) is 6.22. The van der Waals surface area contributed by atoms with Crippen molar-refractivity contribution in [3.05, 3.63) is 18.1 Å². The number of rotatable bonds is 8. The molecule has 0 aromatic carbocycles. The van der Waals surface area contributed by atoms with Crippen molar-refractivity contribution in [2.24, 2.45) is 0 Å². The van der Waals surface area contributed by atoms with Crippen molar-refractivity contribution >= 4 is 0 Å². The molecule has 17 heavy (non-hydrogen) atoms. The third-order valence-electron chi connectivity index (χ3n) is 2.51. The Labute approximate surface area is 103 Å². The molecule has 0 N–H and O–H groups in total. The van der Waals surface area contributed by atoms with Crippen molar-refractivity contribution < 1.29 is 4.74 Å². The minimum Gasteiger partial charge on any atom is -0.476 e. The van der Waals surface area contributed by atoms with Gasteiger partial charge in [0, 0.05) is 12.4 Å². The van der Waals surface area contributed by atoms with E-state index in [0.29, 0.717) is 12.5 Å². The van der Waals surface area contributed by atoms with Gasteiger partial charge in [-0.2, -0.15) is 5.26 Å². The molecule has 1 heterocycles. The summed E-state index contributed by atoms with van der Waals surface area (Å²) in [7, 11) is 0. The van der Waals surface area contributed by atoms with Gasteiger partial charge in [-0.3, -0.25) is 0 Å². The molecule has 1 rings (SSSR count). The molecule has 0 unspecified atom stereocenters. The summed E-state index contributed by atoms with van der Waals surface area (Å²) in [6.07, 6.45) is 10.3. The molecule has 0 aliphatic heterocycles. The highest BCUT2D eigenvalue weighted by Crippen LogP contribution is 2.11. The largest absolute Gasteiger partial charge is 0.476 e. The highest BCUT2D eigenvalue weighted by atomic mass is 16.5. The van der Waals surface area contributed by atoms with Crippen LogP contribution in [-0.2, 0) is 0 Å². The molecule has 0 aliphatic carbocycles. The quantitative estimate of drug-likeness (QED) is 0.647. The van der Waals surface area contributed by atoms with Gasteiger partial charge >= 0.3 is 0 Å². The summed E-state index contributed by atoms with van der Waals surface area (Å²) in [5.74, 6) is 0.351. The van der Waals surface area contributed by atoms with Gasteiger partial charge in [0.25, 0.3) is 5.88 Å². The Morgan fingerprint density at radius 2 is 1.82 bits per heavy atom. The molecule has 0 atom stereocenters. The molecule has 0 saturated heterocycles. The topological polar surface area (TPSA) is 58.8 Å². The van der Waals surface area contributed by atoms with Gasteiger partial charge in [-0.25, -0.2) is 9.97 Å². The van der Waals surface area contributed by atoms with Crippen molar-refractivity contribution in [3.63, 3.8) is 0 Å². The van der Waals surface area contributed by atoms with Gasteiger partial charge in [0.1, 0.15) is 6.07 Å². The Kier molecular flexibility index (Phi) is 6.73. The molecule has 4 nitrogen and oxygen atoms in total. The van der Waals surface area contributed by atoms with Crippen LogP contribution in [0.4, 0.5) is 0 Å². The SMILES string of the molecule is CCCCCCCCOc1nccnc1C#N. The van der Waals surface area contributed by atoms with Crippen LogP contribution in [0.25, 0.3) is 0 Å². The van der Waals surface area contributed by atoms with Gasteiger partial charge in [-0.05, 0) is 6.42 Å². The fraction of sp³-hybridized carbons (Fsp3) is 0.615. The van der Waals surface area contributed by atoms with E-state index in [1.165, 1.54) is 44.5 Å². The summed E-state index contributed by atoms with van der Waals surface area (Å²) in [4.78, 5) is 7.88. The minimum absolute atomic E-state index is 0.262. The second-order valence-corrected chi connectivity index (χ2v) is 3.94. The van der Waals surface area contributed by atoms with Crippen LogP contribution in [0.15, 0.2) is 12.4 Å². The molecule has 0 bridgehead atoms. The van der Waals surface area contributed by atoms with E-state index in [1.807, 2.05) is 6.07 Å². The molecular formula is C13H19N3O. The molecule has 1 aromatic heterocycles. The average molecular weight is 233 g/mol. The summed E-state index contributed by atoms with van der Waals surface area (Å²) < 4.78 is 5.44. The van der Waals surface area contributed by atoms with Gasteiger partial charge in [0.2, 0.25) is 5.69 Å². The summed E-state index contributed by atoms with van der Waals surface area (Å²) in [6.45, 7) is 2.82. The fourth-order valence-electron chi connectivity index (χ4n) is 1.56. The maximum absolute atomic E-state index is 8.79. The zero-order valence-corrected chi connectivity index (χ0v) is 10.4. The van der Waals surface area contributed by atoms with Crippen LogP contribution in [0.3, 0.4) is 0 Å². The normalized spacial score (nSPS) is 9.88. The molecular weight excluding hydrogens is 214 g/mol. The van der Waals surface area contributed by atoms with Crippen LogP contribution in [0.5, 0.6) is 5.88 Å². The van der Waals surface area contributed by atoms with Crippen LogP contribution in [0, 0.1) is 11.3 Å². The van der Waals surface area contributed by atoms with E-state index in [2.05, 4.69) is 16.9 Å². The Bertz CT molecular complexity index is 360. The lowest BCUT2D eigenvalue weighted by Gasteiger charge is -2.05. The van der Waals surface area contributed by atoms with E-state index in [9.17, 15) is 0 Å². The Morgan fingerprint density at radius 1 is 1.12 bits per heavy atom. The van der Waals surface area contributed by atoms with Gasteiger partial charge in [-0.15, -0.1) is 0 Å². The van der Waals surface area contributed by atoms with E-state index in [4.69, 9.17) is 10.00 Å². The van der Waals surface area contributed by atoms with Crippen molar-refractivity contribution in [3.8, 4) is 11.9 Å². The van der Waals surface area contributed by atoms with E-state index < -0.39 is 0 Å². The van der Waals surface area contributed by atoms with Gasteiger partial charge < -0.3 is 4.74 Å². The molecule has 0 amide bonds. The standard InChI is InChI=1S/C13H19N3O/c1-2-3-4-5-6-7-10-17-13-12(11-14)15-8-9-16-13/h8-9H,2-7,10H2,1H3. The summed E-state index contributed by atoms with van der Waals surface area (Å²) in [5, 5.41) is 8.79. The van der Waals surface area contributed by atoms with Crippen LogP contribution in [0.1, 0.15) is 51.1 Å². The number of hydrogen-bond donors (Lipinski definition) is 0. The molecule has 0 spiro atoms. The molecule has 0 aliphatic rings. The first kappa shape index (κ1) is 13.4. The second kappa shape index (κ2) is 8.51. The average Bonchev–Trinajstić information content (AvgIpc) is 2.38. The first-order chi connectivity index (χ1) is 8.38. The van der Waals surface area contributed by atoms with E-state index in [0.717, 1.165) is 6.42 Å². The predicted octanol–water partition coefficient (Wildman–Crippen LogP) is 3.09. The summed E-state index contributed by atoms with van der Waals surface area (Å²) >= 11 is 0. The predicted molar refractivity (Wildman–Crippen MR) is 65.6 cm³/mol. The molecule has 92 valence electrons. The van der Waals surface area contributed by atoms with Crippen molar-refractivity contribution in [1.29, 1.82) is 5.26 Å².